The van der Waals surface area contributed by atoms with Crippen molar-refractivity contribution in [2.24, 2.45) is 11.1 Å². The SMILES string of the molecule is CC(C)(C)C(=O)NCCCCCCCCCCCC(N)=O. The molecule has 3 N–H and O–H groups in total. The summed E-state index contributed by atoms with van der Waals surface area (Å²) in [6, 6.07) is 0. The highest BCUT2D eigenvalue weighted by Crippen LogP contribution is 2.13. The van der Waals surface area contributed by atoms with E-state index in [9.17, 15) is 9.59 Å². The van der Waals surface area contributed by atoms with Crippen LogP contribution in [0.25, 0.3) is 0 Å². The maximum absolute atomic E-state index is 11.6. The molecule has 124 valence electrons. The van der Waals surface area contributed by atoms with Gasteiger partial charge in [-0.3, -0.25) is 9.59 Å². The van der Waals surface area contributed by atoms with Gasteiger partial charge < -0.3 is 11.1 Å². The number of unbranched alkanes of at least 4 members (excludes halogenated alkanes) is 8. The maximum atomic E-state index is 11.6. The van der Waals surface area contributed by atoms with Crippen molar-refractivity contribution < 1.29 is 9.59 Å². The molecule has 0 unspecified atom stereocenters. The second-order valence-corrected chi connectivity index (χ2v) is 6.90. The highest BCUT2D eigenvalue weighted by Gasteiger charge is 2.19. The van der Waals surface area contributed by atoms with E-state index >= 15 is 0 Å². The molecular weight excluding hydrogens is 264 g/mol. The van der Waals surface area contributed by atoms with Crippen LogP contribution in [0.1, 0.15) is 85.0 Å². The Morgan fingerprint density at radius 1 is 0.810 bits per heavy atom. The summed E-state index contributed by atoms with van der Waals surface area (Å²) in [5.74, 6) is -0.0491. The largest absolute Gasteiger partial charge is 0.370 e. The Morgan fingerprint density at radius 2 is 1.24 bits per heavy atom. The van der Waals surface area contributed by atoms with Crippen LogP contribution in [-0.2, 0) is 9.59 Å². The molecule has 0 radical (unpaired) electrons. The van der Waals surface area contributed by atoms with E-state index in [0.717, 1.165) is 25.8 Å². The van der Waals surface area contributed by atoms with Gasteiger partial charge in [0.25, 0.3) is 0 Å². The topological polar surface area (TPSA) is 72.2 Å². The van der Waals surface area contributed by atoms with Gasteiger partial charge >= 0.3 is 0 Å². The standard InChI is InChI=1S/C17H34N2O2/c1-17(2,3)16(21)19-14-12-10-8-6-4-5-7-9-11-13-15(18)20/h4-14H2,1-3H3,(H2,18,20)(H,19,21). The normalized spacial score (nSPS) is 11.4. The molecule has 0 heterocycles. The Bertz CT molecular complexity index is 296. The smallest absolute Gasteiger partial charge is 0.225 e. The fourth-order valence-corrected chi connectivity index (χ4v) is 2.13. The molecule has 0 aromatic rings. The molecule has 0 aromatic carbocycles. The predicted octanol–water partition coefficient (Wildman–Crippen LogP) is 3.54. The first kappa shape index (κ1) is 19.9. The molecule has 4 nitrogen and oxygen atoms in total. The van der Waals surface area contributed by atoms with E-state index in [1.807, 2.05) is 20.8 Å². The van der Waals surface area contributed by atoms with Crippen LogP contribution >= 0.6 is 0 Å². The van der Waals surface area contributed by atoms with E-state index in [0.29, 0.717) is 6.42 Å². The Hall–Kier alpha value is -1.06. The van der Waals surface area contributed by atoms with Gasteiger partial charge in [0.1, 0.15) is 0 Å². The van der Waals surface area contributed by atoms with Crippen LogP contribution in [0.2, 0.25) is 0 Å². The van der Waals surface area contributed by atoms with Crippen molar-refractivity contribution in [1.29, 1.82) is 0 Å². The molecule has 0 saturated carbocycles. The van der Waals surface area contributed by atoms with Crippen molar-refractivity contribution in [3.05, 3.63) is 0 Å². The first-order chi connectivity index (χ1) is 9.84. The van der Waals surface area contributed by atoms with Gasteiger partial charge in [-0.25, -0.2) is 0 Å². The Balaban J connectivity index is 3.20. The highest BCUT2D eigenvalue weighted by atomic mass is 16.2. The summed E-state index contributed by atoms with van der Waals surface area (Å²) in [6.07, 6.45) is 11.1. The first-order valence-corrected chi connectivity index (χ1v) is 8.40. The lowest BCUT2D eigenvalue weighted by Crippen LogP contribution is -2.35. The molecule has 0 saturated heterocycles. The van der Waals surface area contributed by atoms with Gasteiger partial charge in [-0.15, -0.1) is 0 Å². The summed E-state index contributed by atoms with van der Waals surface area (Å²) < 4.78 is 0. The minimum atomic E-state index is -0.283. The van der Waals surface area contributed by atoms with Crippen LogP contribution in [-0.4, -0.2) is 18.4 Å². The van der Waals surface area contributed by atoms with Crippen molar-refractivity contribution in [3.8, 4) is 0 Å². The van der Waals surface area contributed by atoms with Crippen LogP contribution in [0.5, 0.6) is 0 Å². The zero-order chi connectivity index (χ0) is 16.1. The molecule has 0 aromatic heterocycles. The average Bonchev–Trinajstić information content (AvgIpc) is 2.38. The number of primary amides is 1. The molecular formula is C17H34N2O2. The summed E-state index contributed by atoms with van der Waals surface area (Å²) in [6.45, 7) is 6.60. The van der Waals surface area contributed by atoms with Gasteiger partial charge in [-0.05, 0) is 12.8 Å². The van der Waals surface area contributed by atoms with Gasteiger partial charge in [0.05, 0.1) is 0 Å². The quantitative estimate of drug-likeness (QED) is 0.541. The molecule has 0 atom stereocenters. The van der Waals surface area contributed by atoms with Crippen LogP contribution in [0.4, 0.5) is 0 Å². The molecule has 0 aliphatic carbocycles. The lowest BCUT2D eigenvalue weighted by atomic mass is 9.96. The van der Waals surface area contributed by atoms with Crippen LogP contribution in [0.15, 0.2) is 0 Å². The van der Waals surface area contributed by atoms with Crippen LogP contribution in [0.3, 0.4) is 0 Å². The third-order valence-electron chi connectivity index (χ3n) is 3.57. The maximum Gasteiger partial charge on any atom is 0.225 e. The monoisotopic (exact) mass is 298 g/mol. The van der Waals surface area contributed by atoms with Gasteiger partial charge in [-0.2, -0.15) is 0 Å². The van der Waals surface area contributed by atoms with Crippen LogP contribution < -0.4 is 11.1 Å². The minimum absolute atomic E-state index is 0.137. The number of rotatable bonds is 12. The van der Waals surface area contributed by atoms with Gasteiger partial charge in [0.2, 0.25) is 11.8 Å². The van der Waals surface area contributed by atoms with Crippen LogP contribution in [0, 0.1) is 5.41 Å². The van der Waals surface area contributed by atoms with E-state index in [1.165, 1.54) is 38.5 Å². The summed E-state index contributed by atoms with van der Waals surface area (Å²) in [5.41, 5.74) is 4.81. The van der Waals surface area contributed by atoms with E-state index in [-0.39, 0.29) is 17.2 Å². The zero-order valence-corrected chi connectivity index (χ0v) is 14.2. The van der Waals surface area contributed by atoms with Crippen molar-refractivity contribution in [2.75, 3.05) is 6.54 Å². The van der Waals surface area contributed by atoms with E-state index in [2.05, 4.69) is 5.32 Å². The summed E-state index contributed by atoms with van der Waals surface area (Å²) in [7, 11) is 0. The van der Waals surface area contributed by atoms with Gasteiger partial charge in [-0.1, -0.05) is 65.7 Å². The number of carbonyl (C=O) groups excluding carboxylic acids is 2. The number of nitrogens with two attached hydrogens (primary N) is 1. The number of hydrogen-bond donors (Lipinski definition) is 2. The summed E-state index contributed by atoms with van der Waals surface area (Å²) in [4.78, 5) is 22.2. The predicted molar refractivity (Wildman–Crippen MR) is 87.8 cm³/mol. The van der Waals surface area contributed by atoms with Crippen molar-refractivity contribution in [3.63, 3.8) is 0 Å². The molecule has 0 aliphatic rings. The molecule has 4 heteroatoms. The first-order valence-electron chi connectivity index (χ1n) is 8.40. The minimum Gasteiger partial charge on any atom is -0.370 e. The Morgan fingerprint density at radius 3 is 1.67 bits per heavy atom. The number of carbonyl (C=O) groups is 2. The van der Waals surface area contributed by atoms with Crippen molar-refractivity contribution in [2.45, 2.75) is 85.0 Å². The van der Waals surface area contributed by atoms with E-state index in [4.69, 9.17) is 5.73 Å². The fourth-order valence-electron chi connectivity index (χ4n) is 2.13. The molecule has 0 rings (SSSR count). The third-order valence-corrected chi connectivity index (χ3v) is 3.57. The number of amides is 2. The van der Waals surface area contributed by atoms with Gasteiger partial charge in [0.15, 0.2) is 0 Å². The number of hydrogen-bond acceptors (Lipinski definition) is 2. The van der Waals surface area contributed by atoms with Gasteiger partial charge in [0, 0.05) is 18.4 Å². The molecule has 2 amide bonds. The lowest BCUT2D eigenvalue weighted by molar-refractivity contribution is -0.128. The molecule has 0 spiro atoms. The molecule has 0 fully saturated rings. The second kappa shape index (κ2) is 11.6. The third kappa shape index (κ3) is 13.7. The molecule has 21 heavy (non-hydrogen) atoms. The van der Waals surface area contributed by atoms with E-state index < -0.39 is 0 Å². The summed E-state index contributed by atoms with van der Waals surface area (Å²) >= 11 is 0. The second-order valence-electron chi connectivity index (χ2n) is 6.90. The van der Waals surface area contributed by atoms with Crippen molar-refractivity contribution >= 4 is 11.8 Å². The fraction of sp³-hybridized carbons (Fsp3) is 0.882. The van der Waals surface area contributed by atoms with Crippen molar-refractivity contribution in [1.82, 2.24) is 5.32 Å². The Kier molecular flexibility index (Phi) is 11.0. The lowest BCUT2D eigenvalue weighted by Gasteiger charge is -2.17. The van der Waals surface area contributed by atoms with E-state index in [1.54, 1.807) is 0 Å². The average molecular weight is 298 g/mol. The summed E-state index contributed by atoms with van der Waals surface area (Å²) in [5, 5.41) is 2.98. The number of nitrogens with one attached hydrogen (secondary N) is 1. The zero-order valence-electron chi connectivity index (χ0n) is 14.2. The molecule has 0 bridgehead atoms. The highest BCUT2D eigenvalue weighted by molar-refractivity contribution is 5.81. The Labute approximate surface area is 130 Å². The molecule has 0 aliphatic heterocycles.